The normalized spacial score (nSPS) is 15.9. The summed E-state index contributed by atoms with van der Waals surface area (Å²) < 4.78 is 34.7. The molecule has 31 heavy (non-hydrogen) atoms. The van der Waals surface area contributed by atoms with Gasteiger partial charge in [-0.3, -0.25) is 9.48 Å². The number of benzene rings is 1. The fourth-order valence-corrected chi connectivity index (χ4v) is 5.84. The van der Waals surface area contributed by atoms with Gasteiger partial charge in [0.2, 0.25) is 10.0 Å². The Kier molecular flexibility index (Phi) is 5.44. The molecule has 0 aliphatic carbocycles. The van der Waals surface area contributed by atoms with Crippen LogP contribution in [0.15, 0.2) is 44.4 Å². The number of hydrogen-bond donors (Lipinski definition) is 0. The maximum atomic E-state index is 13.2. The zero-order chi connectivity index (χ0) is 22.3. The maximum Gasteiger partial charge on any atom is 0.349 e. The number of aryl methyl sites for hydroxylation is 2. The molecule has 1 aliphatic heterocycles. The SMILES string of the molecule is Cc1nn(C)c(C)c1S(=O)(=O)N1CCCN(C(=O)c2cc3ccccc3oc2=O)CC1. The minimum absolute atomic E-state index is 0.0473. The van der Waals surface area contributed by atoms with Gasteiger partial charge in [0.15, 0.2) is 0 Å². The Hall–Kier alpha value is -2.98. The van der Waals surface area contributed by atoms with Gasteiger partial charge in [0, 0.05) is 38.6 Å². The molecule has 164 valence electrons. The molecule has 1 saturated heterocycles. The molecular weight excluding hydrogens is 420 g/mol. The number of fused-ring (bicyclic) bond motifs is 1. The lowest BCUT2D eigenvalue weighted by molar-refractivity contribution is 0.0760. The first kappa shape index (κ1) is 21.3. The Bertz CT molecular complexity index is 1330. The van der Waals surface area contributed by atoms with Crippen LogP contribution >= 0.6 is 0 Å². The second kappa shape index (κ2) is 7.93. The molecule has 3 heterocycles. The van der Waals surface area contributed by atoms with E-state index in [1.165, 1.54) is 15.3 Å². The minimum Gasteiger partial charge on any atom is -0.422 e. The van der Waals surface area contributed by atoms with Crippen molar-refractivity contribution in [2.75, 3.05) is 26.2 Å². The van der Waals surface area contributed by atoms with E-state index < -0.39 is 21.6 Å². The van der Waals surface area contributed by atoms with Crippen LogP contribution in [-0.2, 0) is 17.1 Å². The summed E-state index contributed by atoms with van der Waals surface area (Å²) in [5.74, 6) is -0.451. The fourth-order valence-electron chi connectivity index (χ4n) is 3.98. The average Bonchev–Trinajstić information content (AvgIpc) is 2.90. The molecule has 0 radical (unpaired) electrons. The van der Waals surface area contributed by atoms with Crippen molar-refractivity contribution >= 4 is 26.9 Å². The zero-order valence-electron chi connectivity index (χ0n) is 17.7. The van der Waals surface area contributed by atoms with Gasteiger partial charge in [-0.1, -0.05) is 18.2 Å². The van der Waals surface area contributed by atoms with E-state index >= 15 is 0 Å². The molecule has 0 N–H and O–H groups in total. The van der Waals surface area contributed by atoms with Gasteiger partial charge in [0.05, 0.1) is 11.4 Å². The molecule has 1 fully saturated rings. The molecule has 0 unspecified atom stereocenters. The van der Waals surface area contributed by atoms with Crippen LogP contribution in [0, 0.1) is 13.8 Å². The van der Waals surface area contributed by atoms with Crippen molar-refractivity contribution in [3.05, 3.63) is 57.7 Å². The molecule has 0 atom stereocenters. The number of carbonyl (C=O) groups is 1. The monoisotopic (exact) mass is 444 g/mol. The lowest BCUT2D eigenvalue weighted by Crippen LogP contribution is -2.38. The van der Waals surface area contributed by atoms with Gasteiger partial charge in [-0.2, -0.15) is 9.40 Å². The van der Waals surface area contributed by atoms with Crippen LogP contribution in [0.1, 0.15) is 28.2 Å². The van der Waals surface area contributed by atoms with Gasteiger partial charge in [-0.05, 0) is 32.4 Å². The average molecular weight is 445 g/mol. The molecule has 3 aromatic rings. The van der Waals surface area contributed by atoms with Gasteiger partial charge in [-0.15, -0.1) is 0 Å². The van der Waals surface area contributed by atoms with E-state index in [9.17, 15) is 18.0 Å². The molecule has 9 nitrogen and oxygen atoms in total. The summed E-state index contributed by atoms with van der Waals surface area (Å²) in [4.78, 5) is 27.1. The van der Waals surface area contributed by atoms with Crippen LogP contribution in [0.3, 0.4) is 0 Å². The van der Waals surface area contributed by atoms with Crippen molar-refractivity contribution in [1.82, 2.24) is 19.0 Å². The number of amides is 1. The van der Waals surface area contributed by atoms with Gasteiger partial charge < -0.3 is 9.32 Å². The lowest BCUT2D eigenvalue weighted by Gasteiger charge is -2.22. The van der Waals surface area contributed by atoms with E-state index in [1.54, 1.807) is 49.8 Å². The molecule has 2 aromatic heterocycles. The fraction of sp³-hybridized carbons (Fsp3) is 0.381. The second-order valence-corrected chi connectivity index (χ2v) is 9.53. The first-order valence-electron chi connectivity index (χ1n) is 10.0. The van der Waals surface area contributed by atoms with E-state index in [0.29, 0.717) is 35.3 Å². The quantitative estimate of drug-likeness (QED) is 0.569. The molecular formula is C21H24N4O5S. The van der Waals surface area contributed by atoms with E-state index in [2.05, 4.69) is 5.10 Å². The Morgan fingerprint density at radius 3 is 2.55 bits per heavy atom. The molecule has 0 bridgehead atoms. The summed E-state index contributed by atoms with van der Waals surface area (Å²) in [6.45, 7) is 4.35. The second-order valence-electron chi connectivity index (χ2n) is 7.66. The van der Waals surface area contributed by atoms with Gasteiger partial charge in [0.1, 0.15) is 16.0 Å². The number of carbonyl (C=O) groups excluding carboxylic acids is 1. The summed E-state index contributed by atoms with van der Waals surface area (Å²) in [6, 6.07) is 8.52. The summed E-state index contributed by atoms with van der Waals surface area (Å²) in [5, 5.41) is 4.87. The Labute approximate surface area is 179 Å². The third-order valence-electron chi connectivity index (χ3n) is 5.65. The summed E-state index contributed by atoms with van der Waals surface area (Å²) >= 11 is 0. The van der Waals surface area contributed by atoms with Crippen molar-refractivity contribution in [1.29, 1.82) is 0 Å². The first-order chi connectivity index (χ1) is 14.7. The third-order valence-corrected chi connectivity index (χ3v) is 7.81. The Morgan fingerprint density at radius 2 is 1.84 bits per heavy atom. The van der Waals surface area contributed by atoms with Crippen molar-refractivity contribution in [3.63, 3.8) is 0 Å². The maximum absolute atomic E-state index is 13.2. The highest BCUT2D eigenvalue weighted by molar-refractivity contribution is 7.89. The van der Waals surface area contributed by atoms with Crippen molar-refractivity contribution in [2.24, 2.45) is 7.05 Å². The highest BCUT2D eigenvalue weighted by Gasteiger charge is 2.33. The zero-order valence-corrected chi connectivity index (χ0v) is 18.5. The molecule has 0 saturated carbocycles. The number of aromatic nitrogens is 2. The van der Waals surface area contributed by atoms with E-state index in [4.69, 9.17) is 4.42 Å². The van der Waals surface area contributed by atoms with Crippen LogP contribution in [0.4, 0.5) is 0 Å². The molecule has 0 spiro atoms. The topological polar surface area (TPSA) is 106 Å². The van der Waals surface area contributed by atoms with Crippen LogP contribution in [0.2, 0.25) is 0 Å². The van der Waals surface area contributed by atoms with E-state index in [0.717, 1.165) is 0 Å². The summed E-state index contributed by atoms with van der Waals surface area (Å²) in [6.07, 6.45) is 0.461. The predicted octanol–water partition coefficient (Wildman–Crippen LogP) is 1.68. The van der Waals surface area contributed by atoms with Crippen LogP contribution in [0.5, 0.6) is 0 Å². The van der Waals surface area contributed by atoms with Crippen LogP contribution < -0.4 is 5.63 Å². The molecule has 10 heteroatoms. The smallest absolute Gasteiger partial charge is 0.349 e. The van der Waals surface area contributed by atoms with E-state index in [-0.39, 0.29) is 30.1 Å². The Morgan fingerprint density at radius 1 is 1.10 bits per heavy atom. The molecule has 4 rings (SSSR count). The van der Waals surface area contributed by atoms with Crippen molar-refractivity contribution in [2.45, 2.75) is 25.2 Å². The lowest BCUT2D eigenvalue weighted by atomic mass is 10.1. The highest BCUT2D eigenvalue weighted by Crippen LogP contribution is 2.24. The molecule has 1 aliphatic rings. The van der Waals surface area contributed by atoms with E-state index in [1.807, 2.05) is 0 Å². The van der Waals surface area contributed by atoms with Crippen molar-refractivity contribution in [3.8, 4) is 0 Å². The van der Waals surface area contributed by atoms with Gasteiger partial charge >= 0.3 is 5.63 Å². The number of hydrogen-bond acceptors (Lipinski definition) is 6. The summed E-state index contributed by atoms with van der Waals surface area (Å²) in [5.41, 5.74) is 0.696. The molecule has 1 aromatic carbocycles. The van der Waals surface area contributed by atoms with Gasteiger partial charge in [-0.25, -0.2) is 13.2 Å². The third kappa shape index (κ3) is 3.77. The molecule has 1 amide bonds. The minimum atomic E-state index is -3.74. The highest BCUT2D eigenvalue weighted by atomic mass is 32.2. The Balaban J connectivity index is 1.57. The van der Waals surface area contributed by atoms with Crippen LogP contribution in [-0.4, -0.2) is 59.5 Å². The number of para-hydroxylation sites is 1. The number of sulfonamides is 1. The number of nitrogens with zero attached hydrogens (tertiary/aromatic N) is 4. The van der Waals surface area contributed by atoms with Gasteiger partial charge in [0.25, 0.3) is 5.91 Å². The van der Waals surface area contributed by atoms with Crippen LogP contribution in [0.25, 0.3) is 11.0 Å². The predicted molar refractivity (Wildman–Crippen MR) is 114 cm³/mol. The van der Waals surface area contributed by atoms with Crippen molar-refractivity contribution < 1.29 is 17.6 Å². The number of rotatable bonds is 3. The first-order valence-corrected chi connectivity index (χ1v) is 11.5. The largest absolute Gasteiger partial charge is 0.422 e. The summed E-state index contributed by atoms with van der Waals surface area (Å²) in [7, 11) is -2.04. The standard InChI is InChI=1S/C21H24N4O5S/c1-14-19(15(2)23(3)22-14)31(28,29)25-10-6-9-24(11-12-25)20(26)17-13-16-7-4-5-8-18(16)30-21(17)27/h4-5,7-8,13H,6,9-12H2,1-3H3.